The zero-order valence-corrected chi connectivity index (χ0v) is 64.5. The summed E-state index contributed by atoms with van der Waals surface area (Å²) in [6.07, 6.45) is -0.913. The van der Waals surface area contributed by atoms with E-state index in [1.54, 1.807) is 100 Å². The maximum Gasteiger partial charge on any atom is 0.410 e. The number of carbonyl (C=O) groups is 11. The van der Waals surface area contributed by atoms with Crippen LogP contribution in [0.5, 0.6) is 5.75 Å². The van der Waals surface area contributed by atoms with Gasteiger partial charge in [-0.05, 0) is 135 Å². The zero-order valence-electron chi connectivity index (χ0n) is 61.4. The van der Waals surface area contributed by atoms with Crippen molar-refractivity contribution < 1.29 is 81.5 Å². The molecule has 1 fully saturated rings. The van der Waals surface area contributed by atoms with Crippen LogP contribution in [0.3, 0.4) is 0 Å². The first-order valence-electron chi connectivity index (χ1n) is 35.1. The van der Waals surface area contributed by atoms with E-state index in [0.29, 0.717) is 54.9 Å². The van der Waals surface area contributed by atoms with E-state index in [2.05, 4.69) is 47.8 Å². The summed E-state index contributed by atoms with van der Waals surface area (Å²) >= 11 is 6.22. The van der Waals surface area contributed by atoms with Gasteiger partial charge in [0.05, 0.1) is 61.2 Å². The van der Waals surface area contributed by atoms with Crippen LogP contribution in [0.25, 0.3) is 0 Å². The van der Waals surface area contributed by atoms with Crippen molar-refractivity contribution in [1.29, 1.82) is 0 Å². The summed E-state index contributed by atoms with van der Waals surface area (Å²) in [7, 11) is 6.22. The summed E-state index contributed by atoms with van der Waals surface area (Å²) in [6, 6.07) is 18.3. The molecule has 0 saturated carbocycles. The number of imide groups is 1. The number of aliphatic hydroxyl groups is 1. The number of nitrogens with zero attached hydrogens (tertiary/aromatic N) is 4. The molecule has 1 saturated heterocycles. The molecule has 2 heterocycles. The number of aliphatic hydroxyl groups excluding tert-OH is 1. The van der Waals surface area contributed by atoms with Gasteiger partial charge in [0.15, 0.2) is 11.6 Å². The molecule has 2 aliphatic rings. The van der Waals surface area contributed by atoms with Crippen molar-refractivity contribution in [2.45, 2.75) is 176 Å². The summed E-state index contributed by atoms with van der Waals surface area (Å²) in [5.41, 5.74) is 7.26. The van der Waals surface area contributed by atoms with E-state index in [4.69, 9.17) is 29.4 Å². The Morgan fingerprint density at radius 1 is 0.725 bits per heavy atom. The van der Waals surface area contributed by atoms with E-state index in [-0.39, 0.29) is 120 Å². The SMILES string of the molecule is CCC(C)[C@@H]([C@@H](CC(=O)N1CCC[C@H]1[C@H](OC)[C@@H](C)C(=O)C[C@H](C)[C@@H](O)c1ccccc1)OC)N(C)C(=O)[C@@H](CC(=O)[C@H](C(C)C)N(C)C(=O)OCc1ccc(NC(=O)[C@H](CCCNC(N)=O)CC(=O)[C@@H](NC(=O)COCCOc2ccc(N3C(=O)C(Br)=C(Br)C3=O)cc2)C(C)C)cc1)C(C)C. The van der Waals surface area contributed by atoms with Gasteiger partial charge in [0.25, 0.3) is 11.8 Å². The molecule has 27 heteroatoms. The minimum atomic E-state index is -0.982. The molecular formula is C75H106Br2N8O17. The summed E-state index contributed by atoms with van der Waals surface area (Å²) < 4.78 is 29.4. The van der Waals surface area contributed by atoms with Crippen molar-refractivity contribution in [3.05, 3.63) is 99.0 Å². The Balaban J connectivity index is 1.15. The van der Waals surface area contributed by atoms with Crippen molar-refractivity contribution in [2.75, 3.05) is 71.4 Å². The molecule has 0 radical (unpaired) electrons. The number of urea groups is 1. The van der Waals surface area contributed by atoms with Crippen LogP contribution in [0.2, 0.25) is 0 Å². The average molecular weight is 1550 g/mol. The average Bonchev–Trinajstić information content (AvgIpc) is 1.59. The maximum atomic E-state index is 14.9. The number of likely N-dealkylation sites (N-methyl/N-ethyl adjacent to an activating group) is 2. The van der Waals surface area contributed by atoms with Crippen LogP contribution in [-0.4, -0.2) is 182 Å². The number of rotatable bonds is 42. The molecule has 3 aromatic carbocycles. The summed E-state index contributed by atoms with van der Waals surface area (Å²) in [5.74, 6) is -6.87. The fourth-order valence-electron chi connectivity index (χ4n) is 13.3. The number of ether oxygens (including phenoxy) is 5. The smallest absolute Gasteiger partial charge is 0.410 e. The Hall–Kier alpha value is -7.43. The molecule has 6 N–H and O–H groups in total. The molecule has 5 rings (SSSR count). The zero-order chi connectivity index (χ0) is 75.8. The number of hydrogen-bond acceptors (Lipinski definition) is 17. The number of carbonyl (C=O) groups excluding carboxylic acids is 11. The Morgan fingerprint density at radius 2 is 1.36 bits per heavy atom. The van der Waals surface area contributed by atoms with Crippen LogP contribution in [0.1, 0.15) is 144 Å². The standard InChI is InChI=1S/C75H106Br2N8O17/c1-15-46(8)67(60(98-13)40-62(90)84-34-20-24-56(84)69(99-14)48(10)57(86)37-47(9)68(91)50-21-17-16-18-22-50)82(11)71(93)55(43(2)3)39-59(88)66(45(6)7)83(12)75(97)102-41-49-25-27-52(28-26-49)80-70(92)51(23-19-33-79-74(78)96)38-58(87)65(44(4)5)81-61(89)42-100-35-36-101-54-31-29-53(30-32-54)85-72(94)63(76)64(77)73(85)95/h16-18,21-22,25-32,43-48,51,55-56,60,65-69,91H,15,19-20,23-24,33-42H2,1-14H3,(H,80,92)(H,81,89)(H3,78,79,96)/t46?,47-,48-,51+,55-,56-,60+,65-,66-,67-,68+,69+/m0/s1. The van der Waals surface area contributed by atoms with Gasteiger partial charge in [-0.1, -0.05) is 118 Å². The lowest BCUT2D eigenvalue weighted by Gasteiger charge is -2.41. The van der Waals surface area contributed by atoms with E-state index in [9.17, 15) is 57.8 Å². The predicted octanol–water partition coefficient (Wildman–Crippen LogP) is 9.83. The van der Waals surface area contributed by atoms with Gasteiger partial charge < -0.3 is 65.2 Å². The number of nitrogens with one attached hydrogen (secondary N) is 3. The molecule has 102 heavy (non-hydrogen) atoms. The highest BCUT2D eigenvalue weighted by Gasteiger charge is 2.45. The number of amides is 9. The molecule has 2 aliphatic heterocycles. The largest absolute Gasteiger partial charge is 0.491 e. The first-order chi connectivity index (χ1) is 48.3. The van der Waals surface area contributed by atoms with Gasteiger partial charge in [-0.15, -0.1) is 0 Å². The van der Waals surface area contributed by atoms with Gasteiger partial charge >= 0.3 is 12.1 Å². The van der Waals surface area contributed by atoms with Crippen molar-refractivity contribution >= 4 is 108 Å². The van der Waals surface area contributed by atoms with Crippen LogP contribution < -0.4 is 31.3 Å². The number of nitrogens with two attached hydrogens (primary N) is 1. The number of benzene rings is 3. The molecule has 0 bridgehead atoms. The molecule has 1 unspecified atom stereocenters. The van der Waals surface area contributed by atoms with Crippen molar-refractivity contribution in [1.82, 2.24) is 25.3 Å². The lowest BCUT2D eigenvalue weighted by Crippen LogP contribution is -2.54. The Morgan fingerprint density at radius 3 is 1.93 bits per heavy atom. The summed E-state index contributed by atoms with van der Waals surface area (Å²) in [6.45, 7) is 18.5. The number of ketones is 3. The second-order valence-corrected chi connectivity index (χ2v) is 29.3. The molecule has 25 nitrogen and oxygen atoms in total. The number of likely N-dealkylation sites (tertiary alicyclic amines) is 1. The van der Waals surface area contributed by atoms with Crippen LogP contribution in [0.4, 0.5) is 21.0 Å². The molecule has 9 amide bonds. The lowest BCUT2D eigenvalue weighted by atomic mass is 9.83. The molecule has 12 atom stereocenters. The van der Waals surface area contributed by atoms with Crippen LogP contribution in [0.15, 0.2) is 87.8 Å². The van der Waals surface area contributed by atoms with Crippen LogP contribution >= 0.6 is 31.9 Å². The van der Waals surface area contributed by atoms with Crippen molar-refractivity contribution in [2.24, 2.45) is 53.1 Å². The number of hydrogen-bond donors (Lipinski definition) is 5. The highest BCUT2D eigenvalue weighted by Crippen LogP contribution is 2.36. The number of halogens is 2. The summed E-state index contributed by atoms with van der Waals surface area (Å²) in [5, 5.41) is 19.1. The normalized spacial score (nSPS) is 17.2. The topological polar surface area (TPSA) is 329 Å². The van der Waals surface area contributed by atoms with Crippen molar-refractivity contribution in [3.63, 3.8) is 0 Å². The number of Topliss-reactive ketones (excluding diaryl/α,β-unsaturated/α-hetero) is 3. The minimum Gasteiger partial charge on any atom is -0.491 e. The first kappa shape index (κ1) is 85.2. The quantitative estimate of drug-likeness (QED) is 0.0260. The van der Waals surface area contributed by atoms with Gasteiger partial charge in [-0.3, -0.25) is 43.2 Å². The predicted molar refractivity (Wildman–Crippen MR) is 393 cm³/mol. The van der Waals surface area contributed by atoms with Gasteiger partial charge in [-0.25, -0.2) is 14.5 Å². The molecule has 562 valence electrons. The van der Waals surface area contributed by atoms with E-state index in [1.165, 1.54) is 19.1 Å². The van der Waals surface area contributed by atoms with E-state index in [0.717, 1.165) is 10.5 Å². The van der Waals surface area contributed by atoms with E-state index < -0.39 is 108 Å². The fourth-order valence-corrected chi connectivity index (χ4v) is 14.0. The number of methoxy groups -OCH3 is 2. The Labute approximate surface area is 617 Å². The Bertz CT molecular complexity index is 3350. The third-order valence-corrected chi connectivity index (χ3v) is 21.3. The first-order valence-corrected chi connectivity index (χ1v) is 36.7. The third kappa shape index (κ3) is 23.8. The van der Waals surface area contributed by atoms with Crippen molar-refractivity contribution in [3.8, 4) is 5.75 Å². The molecule has 0 spiro atoms. The monoisotopic (exact) mass is 1550 g/mol. The van der Waals surface area contributed by atoms with Gasteiger partial charge in [0, 0.05) is 84.1 Å². The number of anilines is 2. The fraction of sp³-hybridized carbons (Fsp3) is 0.587. The molecular weight excluding hydrogens is 1440 g/mol. The van der Waals surface area contributed by atoms with Gasteiger partial charge in [0.2, 0.25) is 23.6 Å². The van der Waals surface area contributed by atoms with Gasteiger partial charge in [0.1, 0.15) is 40.3 Å². The summed E-state index contributed by atoms with van der Waals surface area (Å²) in [4.78, 5) is 155. The van der Waals surface area contributed by atoms with E-state index in [1.807, 2.05) is 71.9 Å². The maximum absolute atomic E-state index is 14.9. The highest BCUT2D eigenvalue weighted by molar-refractivity contribution is 9.14. The van der Waals surface area contributed by atoms with E-state index >= 15 is 0 Å². The van der Waals surface area contributed by atoms with Crippen LogP contribution in [-0.2, 0) is 68.7 Å². The molecule has 0 aromatic heterocycles. The highest BCUT2D eigenvalue weighted by atomic mass is 79.9. The Kier molecular flexibility index (Phi) is 34.4. The molecule has 3 aromatic rings. The third-order valence-electron chi connectivity index (χ3n) is 19.3. The second-order valence-electron chi connectivity index (χ2n) is 27.7. The lowest BCUT2D eigenvalue weighted by molar-refractivity contribution is -0.149. The minimum absolute atomic E-state index is 0.00209. The number of primary amides is 1. The van der Waals surface area contributed by atoms with Crippen LogP contribution in [0, 0.1) is 47.3 Å². The van der Waals surface area contributed by atoms with Gasteiger partial charge in [-0.2, -0.15) is 0 Å². The second kappa shape index (κ2) is 41.2. The molecule has 0 aliphatic carbocycles.